The maximum Gasteiger partial charge on any atom is 0.290 e. The number of Topliss-reactive ketones (excluding diaryl/α,β-unsaturated/α-hetero) is 1. The number of benzene rings is 2. The molecule has 2 aromatic carbocycles. The minimum atomic E-state index is -0.961. The number of aliphatic hydroxyl groups is 1. The number of phenolic OH excluding ortho intramolecular Hbond substituents is 1. The third kappa shape index (κ3) is 3.41. The molecule has 166 valence electrons. The number of phenols is 1. The lowest BCUT2D eigenvalue weighted by molar-refractivity contribution is -0.130. The molecule has 8 nitrogen and oxygen atoms in total. The lowest BCUT2D eigenvalue weighted by atomic mass is 9.94. The van der Waals surface area contributed by atoms with Crippen LogP contribution in [0.3, 0.4) is 0 Å². The normalized spacial score (nSPS) is 16.1. The summed E-state index contributed by atoms with van der Waals surface area (Å²) >= 11 is 0. The molecule has 1 aliphatic rings. The van der Waals surface area contributed by atoms with Gasteiger partial charge in [0.1, 0.15) is 11.5 Å². The third-order valence-corrected chi connectivity index (χ3v) is 5.59. The fourth-order valence-electron chi connectivity index (χ4n) is 4.10. The van der Waals surface area contributed by atoms with Crippen LogP contribution < -0.4 is 4.74 Å². The molecule has 5 rings (SSSR count). The number of hydrogen-bond acceptors (Lipinski definition) is 7. The number of nitrogens with zero attached hydrogens (tertiary/aromatic N) is 1. The first kappa shape index (κ1) is 20.4. The van der Waals surface area contributed by atoms with Crippen molar-refractivity contribution in [2.24, 2.45) is 0 Å². The molecule has 0 fully saturated rings. The monoisotopic (exact) mass is 445 g/mol. The number of fused-ring (bicyclic) bond motifs is 1. The topological polar surface area (TPSA) is 113 Å². The fraction of sp³-hybridized carbons (Fsp3) is 0.120. The van der Waals surface area contributed by atoms with Crippen molar-refractivity contribution in [3.63, 3.8) is 0 Å². The van der Waals surface area contributed by atoms with E-state index in [4.69, 9.17) is 13.6 Å². The molecule has 33 heavy (non-hydrogen) atoms. The summed E-state index contributed by atoms with van der Waals surface area (Å²) in [4.78, 5) is 27.9. The van der Waals surface area contributed by atoms with E-state index in [0.29, 0.717) is 28.0 Å². The lowest BCUT2D eigenvalue weighted by Crippen LogP contribution is -2.30. The van der Waals surface area contributed by atoms with Crippen molar-refractivity contribution in [3.05, 3.63) is 95.3 Å². The van der Waals surface area contributed by atoms with Gasteiger partial charge in [-0.1, -0.05) is 24.3 Å². The summed E-state index contributed by atoms with van der Waals surface area (Å²) in [5.41, 5.74) is 0.695. The molecule has 0 aliphatic carbocycles. The maximum atomic E-state index is 13.6. The molecule has 1 unspecified atom stereocenters. The zero-order valence-corrected chi connectivity index (χ0v) is 17.5. The first-order chi connectivity index (χ1) is 16.0. The number of ketones is 1. The van der Waals surface area contributed by atoms with Crippen LogP contribution in [0.25, 0.3) is 11.0 Å². The van der Waals surface area contributed by atoms with Gasteiger partial charge in [0.25, 0.3) is 5.91 Å². The summed E-state index contributed by atoms with van der Waals surface area (Å²) in [6.45, 7) is 0.0148. The Morgan fingerprint density at radius 3 is 2.64 bits per heavy atom. The highest BCUT2D eigenvalue weighted by atomic mass is 16.5. The minimum Gasteiger partial charge on any atom is -0.508 e. The van der Waals surface area contributed by atoms with Crippen molar-refractivity contribution in [1.82, 2.24) is 4.90 Å². The smallest absolute Gasteiger partial charge is 0.290 e. The molecule has 0 saturated heterocycles. The van der Waals surface area contributed by atoms with Gasteiger partial charge in [-0.3, -0.25) is 9.59 Å². The number of furan rings is 2. The molecule has 3 heterocycles. The number of carbonyl (C=O) groups is 2. The Kier molecular flexibility index (Phi) is 4.90. The van der Waals surface area contributed by atoms with Crippen LogP contribution >= 0.6 is 0 Å². The average Bonchev–Trinajstić information content (AvgIpc) is 3.54. The van der Waals surface area contributed by atoms with Gasteiger partial charge < -0.3 is 28.7 Å². The third-order valence-electron chi connectivity index (χ3n) is 5.59. The predicted molar refractivity (Wildman–Crippen MR) is 117 cm³/mol. The number of carbonyl (C=O) groups excluding carboxylic acids is 2. The number of aromatic hydroxyl groups is 1. The van der Waals surface area contributed by atoms with Gasteiger partial charge in [0, 0.05) is 5.39 Å². The molecule has 2 aromatic heterocycles. The second kappa shape index (κ2) is 7.90. The summed E-state index contributed by atoms with van der Waals surface area (Å²) < 4.78 is 16.4. The van der Waals surface area contributed by atoms with Gasteiger partial charge in [0.15, 0.2) is 22.9 Å². The number of hydrogen-bond donors (Lipinski definition) is 2. The fourth-order valence-corrected chi connectivity index (χ4v) is 4.10. The molecular formula is C25H19NO7. The van der Waals surface area contributed by atoms with Crippen molar-refractivity contribution < 1.29 is 33.4 Å². The van der Waals surface area contributed by atoms with Gasteiger partial charge in [0.05, 0.1) is 31.5 Å². The van der Waals surface area contributed by atoms with Crippen molar-refractivity contribution in [2.75, 3.05) is 7.11 Å². The highest BCUT2D eigenvalue weighted by Gasteiger charge is 2.45. The van der Waals surface area contributed by atoms with Gasteiger partial charge in [-0.2, -0.15) is 0 Å². The molecule has 0 spiro atoms. The summed E-state index contributed by atoms with van der Waals surface area (Å²) in [7, 11) is 1.49. The largest absolute Gasteiger partial charge is 0.508 e. The van der Waals surface area contributed by atoms with Crippen LogP contribution in [-0.4, -0.2) is 33.9 Å². The molecule has 1 aliphatic heterocycles. The van der Waals surface area contributed by atoms with Crippen molar-refractivity contribution in [2.45, 2.75) is 12.6 Å². The Labute approximate surface area is 187 Å². The van der Waals surface area contributed by atoms with Gasteiger partial charge in [-0.15, -0.1) is 0 Å². The molecule has 0 radical (unpaired) electrons. The first-order valence-electron chi connectivity index (χ1n) is 10.1. The van der Waals surface area contributed by atoms with E-state index >= 15 is 0 Å². The lowest BCUT2D eigenvalue weighted by Gasteiger charge is -2.26. The van der Waals surface area contributed by atoms with E-state index in [1.165, 1.54) is 30.4 Å². The van der Waals surface area contributed by atoms with Gasteiger partial charge >= 0.3 is 0 Å². The second-order valence-corrected chi connectivity index (χ2v) is 7.59. The summed E-state index contributed by atoms with van der Waals surface area (Å²) in [5, 5.41) is 21.4. The van der Waals surface area contributed by atoms with Crippen molar-refractivity contribution in [1.29, 1.82) is 0 Å². The molecule has 0 bridgehead atoms. The average molecular weight is 445 g/mol. The van der Waals surface area contributed by atoms with Gasteiger partial charge in [0.2, 0.25) is 5.78 Å². The quantitative estimate of drug-likeness (QED) is 0.420. The number of aliphatic hydroxyl groups excluding tert-OH is 1. The van der Waals surface area contributed by atoms with Gasteiger partial charge in [-0.25, -0.2) is 0 Å². The molecule has 1 atom stereocenters. The standard InChI is InChI=1S/C25H19NO7/c1-31-18-9-3-6-15-12-19(33-24(15)18)22(28)20-21(14-5-2-7-16(27)11-14)26(25(30)23(20)29)13-17-8-4-10-32-17/h2-12,21,27,29H,13H2,1H3. The van der Waals surface area contributed by atoms with E-state index < -0.39 is 23.5 Å². The van der Waals surface area contributed by atoms with E-state index in [-0.39, 0.29) is 23.6 Å². The van der Waals surface area contributed by atoms with E-state index in [1.54, 1.807) is 48.5 Å². The minimum absolute atomic E-state index is 0.0148. The van der Waals surface area contributed by atoms with Crippen LogP contribution in [0.5, 0.6) is 11.5 Å². The highest BCUT2D eigenvalue weighted by molar-refractivity contribution is 6.16. The second-order valence-electron chi connectivity index (χ2n) is 7.59. The first-order valence-corrected chi connectivity index (χ1v) is 10.1. The zero-order chi connectivity index (χ0) is 23.1. The van der Waals surface area contributed by atoms with Crippen LogP contribution in [0.2, 0.25) is 0 Å². The number of rotatable bonds is 6. The Balaban J connectivity index is 1.62. The van der Waals surface area contributed by atoms with Crippen molar-refractivity contribution in [3.8, 4) is 11.5 Å². The molecule has 1 amide bonds. The van der Waals surface area contributed by atoms with Crippen molar-refractivity contribution >= 4 is 22.7 Å². The number of amides is 1. The van der Waals surface area contributed by atoms with Gasteiger partial charge in [-0.05, 0) is 42.0 Å². The Hall–Kier alpha value is -4.46. The molecule has 2 N–H and O–H groups in total. The molecule has 8 heteroatoms. The van der Waals surface area contributed by atoms with E-state index in [2.05, 4.69) is 0 Å². The van der Waals surface area contributed by atoms with Crippen LogP contribution in [0, 0.1) is 0 Å². The van der Waals surface area contributed by atoms with Crippen LogP contribution in [0.15, 0.2) is 87.1 Å². The maximum absolute atomic E-state index is 13.6. The van der Waals surface area contributed by atoms with E-state index in [9.17, 15) is 19.8 Å². The number of para-hydroxylation sites is 1. The van der Waals surface area contributed by atoms with Crippen LogP contribution in [-0.2, 0) is 11.3 Å². The predicted octanol–water partition coefficient (Wildman–Crippen LogP) is 4.52. The SMILES string of the molecule is COc1cccc2cc(C(=O)C3=C(O)C(=O)N(Cc4ccco4)C3c3cccc(O)c3)oc12. The highest BCUT2D eigenvalue weighted by Crippen LogP contribution is 2.41. The summed E-state index contributed by atoms with van der Waals surface area (Å²) in [6, 6.07) is 15.4. The molecule has 4 aromatic rings. The van der Waals surface area contributed by atoms with E-state index in [1.807, 2.05) is 0 Å². The van der Waals surface area contributed by atoms with Crippen LogP contribution in [0.1, 0.15) is 27.9 Å². The number of ether oxygens (including phenoxy) is 1. The Morgan fingerprint density at radius 1 is 1.09 bits per heavy atom. The molecule has 0 saturated carbocycles. The zero-order valence-electron chi connectivity index (χ0n) is 17.5. The Morgan fingerprint density at radius 2 is 1.91 bits per heavy atom. The number of methoxy groups -OCH3 is 1. The van der Waals surface area contributed by atoms with E-state index in [0.717, 1.165) is 0 Å². The Bertz CT molecular complexity index is 1400. The summed E-state index contributed by atoms with van der Waals surface area (Å²) in [5.74, 6) is -1.20. The summed E-state index contributed by atoms with van der Waals surface area (Å²) in [6.07, 6.45) is 1.47. The van der Waals surface area contributed by atoms with Crippen LogP contribution in [0.4, 0.5) is 0 Å². The molecular weight excluding hydrogens is 426 g/mol.